The zero-order valence-corrected chi connectivity index (χ0v) is 15.8. The highest BCUT2D eigenvalue weighted by atomic mass is 79.9. The molecule has 0 amide bonds. The van der Waals surface area contributed by atoms with Crippen molar-refractivity contribution >= 4 is 32.2 Å². The average Bonchev–Trinajstić information content (AvgIpc) is 3.07. The van der Waals surface area contributed by atoms with E-state index in [0.29, 0.717) is 5.82 Å². The van der Waals surface area contributed by atoms with Crippen molar-refractivity contribution in [2.75, 3.05) is 13.1 Å². The molecule has 1 fully saturated rings. The predicted molar refractivity (Wildman–Crippen MR) is 98.7 cm³/mol. The van der Waals surface area contributed by atoms with Gasteiger partial charge in [-0.2, -0.15) is 4.52 Å². The van der Waals surface area contributed by atoms with E-state index in [4.69, 9.17) is 0 Å². The number of halogens is 1. The Balaban J connectivity index is 1.84. The van der Waals surface area contributed by atoms with Crippen LogP contribution in [0.2, 0.25) is 0 Å². The Labute approximate surface area is 153 Å². The molecule has 1 aliphatic rings. The number of hydrogen-bond acceptors (Lipinski definition) is 5. The van der Waals surface area contributed by atoms with Gasteiger partial charge in [-0.25, -0.2) is 4.98 Å². The third-order valence-electron chi connectivity index (χ3n) is 4.47. The highest BCUT2D eigenvalue weighted by Crippen LogP contribution is 2.41. The number of piperidine rings is 1. The van der Waals surface area contributed by atoms with Crippen LogP contribution in [0.5, 0.6) is 5.88 Å². The fourth-order valence-electron chi connectivity index (χ4n) is 3.41. The van der Waals surface area contributed by atoms with E-state index in [9.17, 15) is 5.11 Å². The molecule has 24 heavy (non-hydrogen) atoms. The molecule has 2 aromatic heterocycles. The molecular weight excluding hydrogens is 388 g/mol. The summed E-state index contributed by atoms with van der Waals surface area (Å²) in [5.41, 5.74) is 1.18. The van der Waals surface area contributed by atoms with Gasteiger partial charge >= 0.3 is 0 Å². The lowest BCUT2D eigenvalue weighted by molar-refractivity contribution is 0.186. The van der Waals surface area contributed by atoms with Crippen LogP contribution >= 0.6 is 27.3 Å². The number of aromatic hydroxyl groups is 1. The molecule has 126 valence electrons. The topological polar surface area (TPSA) is 53.7 Å². The Morgan fingerprint density at radius 2 is 2.04 bits per heavy atom. The molecule has 1 saturated heterocycles. The molecule has 0 saturated carbocycles. The first-order valence-corrected chi connectivity index (χ1v) is 9.79. The summed E-state index contributed by atoms with van der Waals surface area (Å²) in [5.74, 6) is 0.895. The summed E-state index contributed by atoms with van der Waals surface area (Å²) < 4.78 is 2.61. The van der Waals surface area contributed by atoms with Gasteiger partial charge in [0, 0.05) is 4.47 Å². The second-order valence-electron chi connectivity index (χ2n) is 6.20. The van der Waals surface area contributed by atoms with Crippen LogP contribution in [0.15, 0.2) is 28.7 Å². The van der Waals surface area contributed by atoms with Crippen LogP contribution in [0, 0.1) is 6.92 Å². The van der Waals surface area contributed by atoms with E-state index in [-0.39, 0.29) is 11.9 Å². The summed E-state index contributed by atoms with van der Waals surface area (Å²) in [7, 11) is 0. The van der Waals surface area contributed by atoms with E-state index >= 15 is 0 Å². The molecule has 0 radical (unpaired) electrons. The minimum atomic E-state index is 0.0385. The molecular formula is C17H19BrN4OS. The second-order valence-corrected chi connectivity index (χ2v) is 8.12. The van der Waals surface area contributed by atoms with E-state index in [1.54, 1.807) is 4.52 Å². The zero-order chi connectivity index (χ0) is 16.7. The fourth-order valence-corrected chi connectivity index (χ4v) is 4.99. The van der Waals surface area contributed by atoms with Crippen LogP contribution in [0.1, 0.15) is 41.6 Å². The summed E-state index contributed by atoms with van der Waals surface area (Å²) in [5, 5.41) is 15.1. The van der Waals surface area contributed by atoms with Crippen LogP contribution in [0.4, 0.5) is 0 Å². The molecule has 1 atom stereocenters. The number of fused-ring (bicyclic) bond motifs is 1. The molecule has 7 heteroatoms. The molecule has 5 nitrogen and oxygen atoms in total. The molecule has 0 aliphatic carbocycles. The minimum Gasteiger partial charge on any atom is -0.492 e. The van der Waals surface area contributed by atoms with Gasteiger partial charge in [0.25, 0.3) is 0 Å². The molecule has 0 unspecified atom stereocenters. The van der Waals surface area contributed by atoms with Gasteiger partial charge in [0.15, 0.2) is 0 Å². The quantitative estimate of drug-likeness (QED) is 0.709. The number of benzene rings is 1. The van der Waals surface area contributed by atoms with Gasteiger partial charge in [-0.05, 0) is 50.6 Å². The Hall–Kier alpha value is -1.44. The zero-order valence-electron chi connectivity index (χ0n) is 13.4. The lowest BCUT2D eigenvalue weighted by atomic mass is 10.0. The van der Waals surface area contributed by atoms with Gasteiger partial charge in [0.1, 0.15) is 5.82 Å². The molecule has 0 spiro atoms. The Morgan fingerprint density at radius 3 is 2.75 bits per heavy atom. The highest BCUT2D eigenvalue weighted by Gasteiger charge is 2.30. The van der Waals surface area contributed by atoms with Gasteiger partial charge in [-0.15, -0.1) is 5.10 Å². The van der Waals surface area contributed by atoms with E-state index in [0.717, 1.165) is 27.4 Å². The van der Waals surface area contributed by atoms with E-state index in [1.807, 2.05) is 13.0 Å². The molecule has 3 aromatic rings. The minimum absolute atomic E-state index is 0.0385. The first-order valence-electron chi connectivity index (χ1n) is 8.18. The van der Waals surface area contributed by atoms with Gasteiger partial charge in [0.05, 0.1) is 10.9 Å². The van der Waals surface area contributed by atoms with Crippen molar-refractivity contribution in [3.05, 3.63) is 45.0 Å². The van der Waals surface area contributed by atoms with Crippen molar-refractivity contribution in [2.45, 2.75) is 32.2 Å². The largest absolute Gasteiger partial charge is 0.492 e. The highest BCUT2D eigenvalue weighted by molar-refractivity contribution is 9.10. The van der Waals surface area contributed by atoms with Crippen LogP contribution in [0.3, 0.4) is 0 Å². The van der Waals surface area contributed by atoms with Crippen LogP contribution in [0.25, 0.3) is 4.96 Å². The number of likely N-dealkylation sites (tertiary alicyclic amines) is 1. The van der Waals surface area contributed by atoms with Crippen molar-refractivity contribution < 1.29 is 5.11 Å². The lowest BCUT2D eigenvalue weighted by Crippen LogP contribution is -2.34. The standard InChI is InChI=1S/C17H19BrN4OS/c1-11-19-17-22(20-11)16(23)15(24-17)14(21-8-3-2-4-9-21)12-6-5-7-13(18)10-12/h5-7,10,14,23H,2-4,8-9H2,1H3/t14-/m1/s1. The summed E-state index contributed by atoms with van der Waals surface area (Å²) in [6, 6.07) is 8.39. The maximum Gasteiger partial charge on any atom is 0.230 e. The summed E-state index contributed by atoms with van der Waals surface area (Å²) >= 11 is 5.10. The summed E-state index contributed by atoms with van der Waals surface area (Å²) in [6.07, 6.45) is 3.68. The molecule has 1 N–H and O–H groups in total. The fraction of sp³-hybridized carbons (Fsp3) is 0.412. The predicted octanol–water partition coefficient (Wildman–Crippen LogP) is 4.14. The summed E-state index contributed by atoms with van der Waals surface area (Å²) in [6.45, 7) is 3.93. The van der Waals surface area contributed by atoms with Gasteiger partial charge in [-0.3, -0.25) is 4.90 Å². The maximum atomic E-state index is 10.8. The monoisotopic (exact) mass is 406 g/mol. The number of aromatic nitrogens is 3. The van der Waals surface area contributed by atoms with Gasteiger partial charge in [0.2, 0.25) is 10.8 Å². The van der Waals surface area contributed by atoms with Gasteiger partial charge < -0.3 is 5.11 Å². The molecule has 1 aromatic carbocycles. The lowest BCUT2D eigenvalue weighted by Gasteiger charge is -2.34. The molecule has 3 heterocycles. The second kappa shape index (κ2) is 6.46. The van der Waals surface area contributed by atoms with Crippen molar-refractivity contribution in [3.8, 4) is 5.88 Å². The maximum absolute atomic E-state index is 10.8. The van der Waals surface area contributed by atoms with E-state index < -0.39 is 0 Å². The number of rotatable bonds is 3. The molecule has 4 rings (SSSR count). The van der Waals surface area contributed by atoms with Crippen molar-refractivity contribution in [2.24, 2.45) is 0 Å². The summed E-state index contributed by atoms with van der Waals surface area (Å²) in [4.78, 5) is 8.55. The van der Waals surface area contributed by atoms with Crippen molar-refractivity contribution in [1.82, 2.24) is 19.5 Å². The van der Waals surface area contributed by atoms with Gasteiger partial charge in [-0.1, -0.05) is 45.8 Å². The number of thiazole rings is 1. The molecule has 1 aliphatic heterocycles. The Kier molecular flexibility index (Phi) is 4.32. The first-order chi connectivity index (χ1) is 11.6. The van der Waals surface area contributed by atoms with Crippen LogP contribution < -0.4 is 0 Å². The molecule has 0 bridgehead atoms. The average molecular weight is 407 g/mol. The van der Waals surface area contributed by atoms with Crippen molar-refractivity contribution in [1.29, 1.82) is 0 Å². The normalized spacial score (nSPS) is 17.4. The third-order valence-corrected chi connectivity index (χ3v) is 6.04. The Bertz CT molecular complexity index is 869. The Morgan fingerprint density at radius 1 is 1.25 bits per heavy atom. The van der Waals surface area contributed by atoms with Crippen LogP contribution in [-0.2, 0) is 0 Å². The third kappa shape index (κ3) is 2.85. The van der Waals surface area contributed by atoms with E-state index in [2.05, 4.69) is 49.1 Å². The number of hydrogen-bond donors (Lipinski definition) is 1. The number of nitrogens with zero attached hydrogens (tertiary/aromatic N) is 4. The first kappa shape index (κ1) is 16.1. The van der Waals surface area contributed by atoms with E-state index in [1.165, 1.54) is 36.2 Å². The smallest absolute Gasteiger partial charge is 0.230 e. The van der Waals surface area contributed by atoms with Crippen LogP contribution in [-0.4, -0.2) is 37.7 Å². The SMILES string of the molecule is Cc1nc2sc([C@@H](c3cccc(Br)c3)N3CCCCC3)c(O)n2n1. The van der Waals surface area contributed by atoms with Crippen molar-refractivity contribution in [3.63, 3.8) is 0 Å². The number of aryl methyl sites for hydroxylation is 1.